The molecule has 0 unspecified atom stereocenters. The minimum atomic E-state index is -0.190. The molecule has 0 fully saturated rings. The molecule has 2 N–H and O–H groups in total. The summed E-state index contributed by atoms with van der Waals surface area (Å²) in [7, 11) is 0. The molecule has 2 aromatic rings. The topological polar surface area (TPSA) is 49.3 Å². The molecule has 0 saturated carbocycles. The second-order valence-electron chi connectivity index (χ2n) is 4.55. The van der Waals surface area contributed by atoms with Gasteiger partial charge in [0.05, 0.1) is 6.61 Å². The zero-order valence-electron chi connectivity index (χ0n) is 11.4. The molecule has 0 radical (unpaired) electrons. The van der Waals surface area contributed by atoms with Gasteiger partial charge in [-0.1, -0.05) is 54.1 Å². The number of amides is 1. The van der Waals surface area contributed by atoms with Crippen LogP contribution in [0.25, 0.3) is 6.08 Å². The van der Waals surface area contributed by atoms with Crippen LogP contribution in [0, 0.1) is 0 Å². The first kappa shape index (κ1) is 15.3. The number of carbonyl (C=O) groups is 1. The van der Waals surface area contributed by atoms with Crippen LogP contribution in [0.15, 0.2) is 54.6 Å². The molecular weight excluding hydrogens is 286 g/mol. The van der Waals surface area contributed by atoms with Crippen molar-refractivity contribution in [3.05, 3.63) is 76.3 Å². The molecule has 0 atom stereocenters. The number of hydrogen-bond acceptors (Lipinski definition) is 2. The van der Waals surface area contributed by atoms with Crippen molar-refractivity contribution in [2.75, 3.05) is 0 Å². The van der Waals surface area contributed by atoms with Crippen LogP contribution in [-0.2, 0) is 17.9 Å². The van der Waals surface area contributed by atoms with E-state index in [1.807, 2.05) is 42.5 Å². The van der Waals surface area contributed by atoms with Crippen LogP contribution in [0.5, 0.6) is 0 Å². The summed E-state index contributed by atoms with van der Waals surface area (Å²) in [5.41, 5.74) is 2.57. The molecule has 0 bridgehead atoms. The van der Waals surface area contributed by atoms with Crippen molar-refractivity contribution in [2.45, 2.75) is 13.2 Å². The Morgan fingerprint density at radius 3 is 2.67 bits per heavy atom. The normalized spacial score (nSPS) is 10.8. The minimum Gasteiger partial charge on any atom is -0.392 e. The molecule has 0 saturated heterocycles. The number of hydrogen-bond donors (Lipinski definition) is 2. The van der Waals surface area contributed by atoms with Crippen LogP contribution in [0.3, 0.4) is 0 Å². The van der Waals surface area contributed by atoms with Gasteiger partial charge >= 0.3 is 0 Å². The largest absolute Gasteiger partial charge is 0.392 e. The Labute approximate surface area is 128 Å². The van der Waals surface area contributed by atoms with E-state index in [4.69, 9.17) is 16.7 Å². The van der Waals surface area contributed by atoms with Crippen molar-refractivity contribution < 1.29 is 9.90 Å². The van der Waals surface area contributed by atoms with Gasteiger partial charge in [-0.3, -0.25) is 4.79 Å². The lowest BCUT2D eigenvalue weighted by atomic mass is 10.1. The van der Waals surface area contributed by atoms with Gasteiger partial charge in [-0.15, -0.1) is 0 Å². The Morgan fingerprint density at radius 1 is 1.14 bits per heavy atom. The summed E-state index contributed by atoms with van der Waals surface area (Å²) >= 11 is 6.01. The zero-order valence-corrected chi connectivity index (χ0v) is 12.2. The monoisotopic (exact) mass is 301 g/mol. The standard InChI is InChI=1S/C17H16ClNO2/c18-16-7-2-1-6-15(16)8-9-17(21)19-11-13-4-3-5-14(10-13)12-20/h1-10,20H,11-12H2,(H,19,21). The van der Waals surface area contributed by atoms with Gasteiger partial charge in [0, 0.05) is 17.6 Å². The molecule has 21 heavy (non-hydrogen) atoms. The van der Waals surface area contributed by atoms with Gasteiger partial charge in [0.1, 0.15) is 0 Å². The average Bonchev–Trinajstić information content (AvgIpc) is 2.52. The Bertz CT molecular complexity index is 653. The van der Waals surface area contributed by atoms with Crippen LogP contribution >= 0.6 is 11.6 Å². The summed E-state index contributed by atoms with van der Waals surface area (Å²) in [5, 5.41) is 12.5. The summed E-state index contributed by atoms with van der Waals surface area (Å²) in [6, 6.07) is 14.8. The number of aliphatic hydroxyl groups is 1. The first-order valence-corrected chi connectivity index (χ1v) is 6.96. The molecule has 108 valence electrons. The van der Waals surface area contributed by atoms with Crippen LogP contribution in [0.2, 0.25) is 5.02 Å². The van der Waals surface area contributed by atoms with Gasteiger partial charge in [0.25, 0.3) is 0 Å². The highest BCUT2D eigenvalue weighted by Gasteiger charge is 1.99. The van der Waals surface area contributed by atoms with Crippen molar-refractivity contribution in [3.8, 4) is 0 Å². The van der Waals surface area contributed by atoms with E-state index in [0.717, 1.165) is 16.7 Å². The molecule has 3 nitrogen and oxygen atoms in total. The fourth-order valence-electron chi connectivity index (χ4n) is 1.86. The van der Waals surface area contributed by atoms with Gasteiger partial charge in [0.15, 0.2) is 0 Å². The Balaban J connectivity index is 1.91. The van der Waals surface area contributed by atoms with Crippen LogP contribution in [0.4, 0.5) is 0 Å². The summed E-state index contributed by atoms with van der Waals surface area (Å²) in [5.74, 6) is -0.190. The third kappa shape index (κ3) is 4.74. The van der Waals surface area contributed by atoms with Crippen molar-refractivity contribution in [2.24, 2.45) is 0 Å². The molecular formula is C17H16ClNO2. The molecule has 0 heterocycles. The second-order valence-corrected chi connectivity index (χ2v) is 4.96. The molecule has 2 aromatic carbocycles. The fourth-order valence-corrected chi connectivity index (χ4v) is 2.06. The number of carbonyl (C=O) groups excluding carboxylic acids is 1. The SMILES string of the molecule is O=C(C=Cc1ccccc1Cl)NCc1cccc(CO)c1. The molecule has 1 amide bonds. The first-order valence-electron chi connectivity index (χ1n) is 6.58. The zero-order chi connectivity index (χ0) is 15.1. The maximum Gasteiger partial charge on any atom is 0.244 e. The molecule has 4 heteroatoms. The highest BCUT2D eigenvalue weighted by atomic mass is 35.5. The van der Waals surface area contributed by atoms with Crippen LogP contribution in [-0.4, -0.2) is 11.0 Å². The smallest absolute Gasteiger partial charge is 0.244 e. The highest BCUT2D eigenvalue weighted by molar-refractivity contribution is 6.32. The highest BCUT2D eigenvalue weighted by Crippen LogP contribution is 2.16. The van der Waals surface area contributed by atoms with Crippen molar-refractivity contribution in [1.82, 2.24) is 5.32 Å². The summed E-state index contributed by atoms with van der Waals surface area (Å²) in [4.78, 5) is 11.8. The summed E-state index contributed by atoms with van der Waals surface area (Å²) in [6.07, 6.45) is 3.14. The van der Waals surface area contributed by atoms with Crippen molar-refractivity contribution >= 4 is 23.6 Å². The molecule has 0 aromatic heterocycles. The number of nitrogens with one attached hydrogen (secondary N) is 1. The van der Waals surface area contributed by atoms with E-state index < -0.39 is 0 Å². The van der Waals surface area contributed by atoms with Crippen LogP contribution < -0.4 is 5.32 Å². The molecule has 0 aliphatic carbocycles. The lowest BCUT2D eigenvalue weighted by Gasteiger charge is -2.04. The van der Waals surface area contributed by atoms with E-state index in [-0.39, 0.29) is 12.5 Å². The number of rotatable bonds is 5. The van der Waals surface area contributed by atoms with Gasteiger partial charge in [-0.25, -0.2) is 0 Å². The lowest BCUT2D eigenvalue weighted by Crippen LogP contribution is -2.20. The van der Waals surface area contributed by atoms with E-state index in [0.29, 0.717) is 11.6 Å². The summed E-state index contributed by atoms with van der Waals surface area (Å²) < 4.78 is 0. The number of aliphatic hydroxyl groups excluding tert-OH is 1. The predicted octanol–water partition coefficient (Wildman–Crippen LogP) is 3.16. The van der Waals surface area contributed by atoms with Crippen molar-refractivity contribution in [3.63, 3.8) is 0 Å². The number of benzene rings is 2. The Hall–Kier alpha value is -2.10. The molecule has 0 aliphatic rings. The van der Waals surface area contributed by atoms with E-state index in [9.17, 15) is 4.79 Å². The predicted molar refractivity (Wildman–Crippen MR) is 84.7 cm³/mol. The molecule has 0 aliphatic heterocycles. The summed E-state index contributed by atoms with van der Waals surface area (Å²) in [6.45, 7) is 0.410. The van der Waals surface area contributed by atoms with Gasteiger partial charge in [-0.2, -0.15) is 0 Å². The third-order valence-electron chi connectivity index (χ3n) is 2.96. The third-order valence-corrected chi connectivity index (χ3v) is 3.30. The minimum absolute atomic E-state index is 0.00576. The lowest BCUT2D eigenvalue weighted by molar-refractivity contribution is -0.116. The maximum atomic E-state index is 11.8. The van der Waals surface area contributed by atoms with Crippen molar-refractivity contribution in [1.29, 1.82) is 0 Å². The van der Waals surface area contributed by atoms with E-state index in [1.54, 1.807) is 12.1 Å². The molecule has 2 rings (SSSR count). The van der Waals surface area contributed by atoms with Gasteiger partial charge < -0.3 is 10.4 Å². The quantitative estimate of drug-likeness (QED) is 0.834. The van der Waals surface area contributed by atoms with Gasteiger partial charge in [-0.05, 0) is 28.8 Å². The second kappa shape index (κ2) is 7.62. The molecule has 0 spiro atoms. The first-order chi connectivity index (χ1) is 10.2. The average molecular weight is 302 g/mol. The van der Waals surface area contributed by atoms with Gasteiger partial charge in [0.2, 0.25) is 5.91 Å². The Morgan fingerprint density at radius 2 is 1.90 bits per heavy atom. The fraction of sp³-hybridized carbons (Fsp3) is 0.118. The van der Waals surface area contributed by atoms with E-state index >= 15 is 0 Å². The number of halogens is 1. The van der Waals surface area contributed by atoms with E-state index in [2.05, 4.69) is 5.32 Å². The van der Waals surface area contributed by atoms with Crippen LogP contribution in [0.1, 0.15) is 16.7 Å². The van der Waals surface area contributed by atoms with E-state index in [1.165, 1.54) is 6.08 Å². The Kier molecular flexibility index (Phi) is 5.55. The maximum absolute atomic E-state index is 11.8.